The van der Waals surface area contributed by atoms with Crippen LogP contribution in [-0.2, 0) is 28.6 Å². The molecule has 0 aliphatic carbocycles. The Morgan fingerprint density at radius 1 is 0.309 bits per heavy atom. The van der Waals surface area contributed by atoms with E-state index in [9.17, 15) is 14.4 Å². The van der Waals surface area contributed by atoms with Gasteiger partial charge in [0.15, 0.2) is 6.10 Å². The highest BCUT2D eigenvalue weighted by molar-refractivity contribution is 5.71. The molecule has 6 heteroatoms. The van der Waals surface area contributed by atoms with Gasteiger partial charge in [0.2, 0.25) is 0 Å². The normalized spacial score (nSPS) is 13.5. The third-order valence-corrected chi connectivity index (χ3v) is 10.3. The average molecular weight is 933 g/mol. The summed E-state index contributed by atoms with van der Waals surface area (Å²) >= 11 is 0. The second-order valence-electron chi connectivity index (χ2n) is 16.7. The van der Waals surface area contributed by atoms with Crippen molar-refractivity contribution in [2.24, 2.45) is 0 Å². The van der Waals surface area contributed by atoms with E-state index in [0.29, 0.717) is 12.8 Å². The van der Waals surface area contributed by atoms with E-state index in [4.69, 9.17) is 14.2 Å². The van der Waals surface area contributed by atoms with E-state index in [1.807, 2.05) is 128 Å². The molecule has 0 heterocycles. The van der Waals surface area contributed by atoms with Crippen LogP contribution < -0.4 is 0 Å². The Kier molecular flexibility index (Phi) is 50.2. The quantitative estimate of drug-likeness (QED) is 0.0262. The van der Waals surface area contributed by atoms with E-state index in [1.54, 1.807) is 0 Å². The Hall–Kier alpha value is -5.23. The van der Waals surface area contributed by atoms with E-state index < -0.39 is 6.10 Å². The number of carbonyl (C=O) groups is 3. The van der Waals surface area contributed by atoms with Crippen LogP contribution in [0.5, 0.6) is 0 Å². The van der Waals surface area contributed by atoms with Crippen LogP contribution in [-0.4, -0.2) is 37.2 Å². The number of allylic oxidation sites excluding steroid dienone is 28. The van der Waals surface area contributed by atoms with Crippen LogP contribution in [0, 0.1) is 0 Å². The molecule has 0 aliphatic heterocycles. The molecule has 0 aliphatic rings. The van der Waals surface area contributed by atoms with Gasteiger partial charge < -0.3 is 14.2 Å². The van der Waals surface area contributed by atoms with E-state index in [1.165, 1.54) is 44.9 Å². The number of carbonyl (C=O) groups excluding carboxylic acids is 3. The van der Waals surface area contributed by atoms with Gasteiger partial charge in [0.05, 0.1) is 0 Å². The van der Waals surface area contributed by atoms with Crippen LogP contribution in [0.1, 0.15) is 181 Å². The van der Waals surface area contributed by atoms with E-state index >= 15 is 0 Å². The summed E-state index contributed by atoms with van der Waals surface area (Å²) in [5.41, 5.74) is 0. The highest BCUT2D eigenvalue weighted by atomic mass is 16.6. The van der Waals surface area contributed by atoms with Crippen molar-refractivity contribution in [3.63, 3.8) is 0 Å². The molecule has 68 heavy (non-hydrogen) atoms. The van der Waals surface area contributed by atoms with Gasteiger partial charge in [0.1, 0.15) is 13.2 Å². The molecular weight excluding hydrogens is 841 g/mol. The first-order valence-corrected chi connectivity index (χ1v) is 26.3. The predicted octanol–water partition coefficient (Wildman–Crippen LogP) is 17.6. The van der Waals surface area contributed by atoms with Crippen LogP contribution in [0.3, 0.4) is 0 Å². The fourth-order valence-corrected chi connectivity index (χ4v) is 6.39. The Morgan fingerprint density at radius 2 is 0.588 bits per heavy atom. The third-order valence-electron chi connectivity index (χ3n) is 10.3. The van der Waals surface area contributed by atoms with Crippen molar-refractivity contribution in [1.29, 1.82) is 0 Å². The van der Waals surface area contributed by atoms with Crippen molar-refractivity contribution < 1.29 is 28.6 Å². The molecule has 376 valence electrons. The van der Waals surface area contributed by atoms with Crippen molar-refractivity contribution in [1.82, 2.24) is 0 Å². The Bertz CT molecular complexity index is 1640. The minimum Gasteiger partial charge on any atom is -0.462 e. The molecule has 0 radical (unpaired) electrons. The van der Waals surface area contributed by atoms with Crippen LogP contribution in [0.25, 0.3) is 0 Å². The molecule has 0 N–H and O–H groups in total. The van der Waals surface area contributed by atoms with Gasteiger partial charge in [-0.3, -0.25) is 14.4 Å². The zero-order valence-electron chi connectivity index (χ0n) is 42.8. The maximum atomic E-state index is 12.8. The lowest BCUT2D eigenvalue weighted by Gasteiger charge is -2.18. The summed E-state index contributed by atoms with van der Waals surface area (Å²) in [6.45, 7) is 6.19. The summed E-state index contributed by atoms with van der Waals surface area (Å²) in [5.74, 6) is -1.09. The zero-order valence-corrected chi connectivity index (χ0v) is 42.8. The molecule has 0 aromatic rings. The second kappa shape index (κ2) is 54.4. The van der Waals surface area contributed by atoms with Crippen molar-refractivity contribution >= 4 is 17.9 Å². The molecule has 0 fully saturated rings. The first kappa shape index (κ1) is 62.8. The summed E-state index contributed by atoms with van der Waals surface area (Å²) in [6, 6.07) is 0. The largest absolute Gasteiger partial charge is 0.462 e. The molecule has 0 saturated carbocycles. The van der Waals surface area contributed by atoms with Crippen molar-refractivity contribution in [3.8, 4) is 0 Å². The Balaban J connectivity index is 4.64. The lowest BCUT2D eigenvalue weighted by molar-refractivity contribution is -0.167. The number of hydrogen-bond acceptors (Lipinski definition) is 6. The highest BCUT2D eigenvalue weighted by Gasteiger charge is 2.19. The summed E-state index contributed by atoms with van der Waals surface area (Å²) < 4.78 is 16.7. The van der Waals surface area contributed by atoms with Gasteiger partial charge >= 0.3 is 17.9 Å². The average Bonchev–Trinajstić information content (AvgIpc) is 3.34. The summed E-state index contributed by atoms with van der Waals surface area (Å²) in [6.07, 6.45) is 80.5. The molecule has 0 spiro atoms. The standard InChI is InChI=1S/C62H92O6/c1-4-7-10-13-16-19-22-25-27-29-31-33-34-37-40-43-46-49-52-55-61(64)67-58-59(57-66-60(63)54-51-48-45-42-39-36-24-21-18-15-12-9-6-3)68-62(65)56-53-50-47-44-41-38-35-32-30-28-26-23-20-17-14-11-8-5-2/h7,9-10,12-13,15-16,18-19,21-22,24-25,27-37,39-40,42,45,59H,4-6,8,11,14,17,20,23,26,38,41,43-44,46-58H2,1-3H3/b10-7-,12-9-,16-13-,18-15-,22-19-,24-21-,27-25-,30-28-,31-29+,34-33-,35-32-,39-36-,40-37-,45-42-. The molecule has 0 aromatic carbocycles. The van der Waals surface area contributed by atoms with Gasteiger partial charge in [-0.15, -0.1) is 0 Å². The fourth-order valence-electron chi connectivity index (χ4n) is 6.39. The molecule has 6 nitrogen and oxygen atoms in total. The maximum absolute atomic E-state index is 12.8. The van der Waals surface area contributed by atoms with Crippen LogP contribution >= 0.6 is 0 Å². The van der Waals surface area contributed by atoms with Gasteiger partial charge in [0, 0.05) is 19.3 Å². The molecule has 1 unspecified atom stereocenters. The Morgan fingerprint density at radius 3 is 0.985 bits per heavy atom. The van der Waals surface area contributed by atoms with E-state index in [-0.39, 0.29) is 50.4 Å². The highest BCUT2D eigenvalue weighted by Crippen LogP contribution is 2.12. The number of hydrogen-bond donors (Lipinski definition) is 0. The molecule has 1 atom stereocenters. The first-order valence-electron chi connectivity index (χ1n) is 26.3. The van der Waals surface area contributed by atoms with Crippen LogP contribution in [0.15, 0.2) is 170 Å². The van der Waals surface area contributed by atoms with Gasteiger partial charge in [0.25, 0.3) is 0 Å². The molecule has 0 aromatic heterocycles. The molecule has 0 saturated heterocycles. The predicted molar refractivity (Wildman–Crippen MR) is 292 cm³/mol. The lowest BCUT2D eigenvalue weighted by atomic mass is 10.1. The fraction of sp³-hybridized carbons (Fsp3) is 0.500. The van der Waals surface area contributed by atoms with Gasteiger partial charge in [-0.25, -0.2) is 0 Å². The zero-order chi connectivity index (χ0) is 49.3. The minimum atomic E-state index is -0.844. The van der Waals surface area contributed by atoms with E-state index in [0.717, 1.165) is 83.5 Å². The second-order valence-corrected chi connectivity index (χ2v) is 16.7. The monoisotopic (exact) mass is 933 g/mol. The number of ether oxygens (including phenoxy) is 3. The van der Waals surface area contributed by atoms with Crippen LogP contribution in [0.2, 0.25) is 0 Å². The molecular formula is C62H92O6. The Labute approximate surface area is 415 Å². The smallest absolute Gasteiger partial charge is 0.306 e. The SMILES string of the molecule is CC\C=C/C=C\C=C/C=C\C=C/CCCC(=O)OCC(COC(=O)CCCCC\C=C/C=C\C=C\C=C/C=C\C=C/C=C\CC)OC(=O)CCCCCCC/C=C\C=C/CCCCCCCCC. The van der Waals surface area contributed by atoms with Gasteiger partial charge in [-0.05, 0) is 77.0 Å². The lowest BCUT2D eigenvalue weighted by Crippen LogP contribution is -2.30. The first-order chi connectivity index (χ1) is 33.5. The van der Waals surface area contributed by atoms with Crippen LogP contribution in [0.4, 0.5) is 0 Å². The molecule has 0 amide bonds. The molecule has 0 bridgehead atoms. The van der Waals surface area contributed by atoms with Crippen molar-refractivity contribution in [2.45, 2.75) is 187 Å². The summed E-state index contributed by atoms with van der Waals surface area (Å²) in [4.78, 5) is 38.0. The number of esters is 3. The maximum Gasteiger partial charge on any atom is 0.306 e. The number of unbranched alkanes of at least 4 members (excludes halogenated alkanes) is 16. The van der Waals surface area contributed by atoms with Gasteiger partial charge in [-0.2, -0.15) is 0 Å². The third kappa shape index (κ3) is 51.7. The van der Waals surface area contributed by atoms with Gasteiger partial charge in [-0.1, -0.05) is 255 Å². The van der Waals surface area contributed by atoms with Crippen molar-refractivity contribution in [2.75, 3.05) is 13.2 Å². The molecule has 0 rings (SSSR count). The van der Waals surface area contributed by atoms with Crippen molar-refractivity contribution in [3.05, 3.63) is 170 Å². The topological polar surface area (TPSA) is 78.9 Å². The summed E-state index contributed by atoms with van der Waals surface area (Å²) in [5, 5.41) is 0. The number of rotatable bonds is 44. The minimum absolute atomic E-state index is 0.140. The summed E-state index contributed by atoms with van der Waals surface area (Å²) in [7, 11) is 0. The van der Waals surface area contributed by atoms with E-state index in [2.05, 4.69) is 63.3 Å².